The minimum absolute atomic E-state index is 0.0757. The van der Waals surface area contributed by atoms with Crippen molar-refractivity contribution < 1.29 is 42.8 Å². The van der Waals surface area contributed by atoms with Crippen LogP contribution in [0.5, 0.6) is 0 Å². The van der Waals surface area contributed by atoms with E-state index in [2.05, 4.69) is 16.6 Å². The molecule has 1 aliphatic rings. The Balaban J connectivity index is 1.09. The fraction of sp³-hybridized carbons (Fsp3) is 0.308. The quantitative estimate of drug-likeness (QED) is 0.0429. The molecule has 0 aliphatic carbocycles. The zero-order valence-corrected chi connectivity index (χ0v) is 44.8. The second-order valence-corrected chi connectivity index (χ2v) is 25.2. The van der Waals surface area contributed by atoms with E-state index >= 15 is 4.39 Å². The van der Waals surface area contributed by atoms with Gasteiger partial charge in [-0.2, -0.15) is 13.2 Å². The van der Waals surface area contributed by atoms with Crippen LogP contribution in [0.3, 0.4) is 0 Å². The first-order valence-corrected chi connectivity index (χ1v) is 29.4. The summed E-state index contributed by atoms with van der Waals surface area (Å²) >= 11 is 7.68. The lowest BCUT2D eigenvalue weighted by Crippen LogP contribution is -2.46. The first-order chi connectivity index (χ1) is 34.4. The van der Waals surface area contributed by atoms with E-state index in [1.807, 2.05) is 82.6 Å². The van der Waals surface area contributed by atoms with Crippen molar-refractivity contribution in [3.63, 3.8) is 0 Å². The van der Waals surface area contributed by atoms with E-state index in [-0.39, 0.29) is 22.3 Å². The first kappa shape index (κ1) is 55.2. The minimum Gasteiger partial charge on any atom is -0.380 e. The molecule has 2 heterocycles. The molecule has 0 saturated carbocycles. The maximum absolute atomic E-state index is 15.7. The van der Waals surface area contributed by atoms with Gasteiger partial charge < -0.3 is 24.6 Å². The first-order valence-electron chi connectivity index (χ1n) is 23.2. The van der Waals surface area contributed by atoms with Gasteiger partial charge in [0.1, 0.15) is 10.7 Å². The molecule has 73 heavy (non-hydrogen) atoms. The number of likely N-dealkylation sites (N-methyl/N-ethyl adjacent to an activating group) is 1. The fourth-order valence-corrected chi connectivity index (χ4v) is 13.4. The molecule has 21 heteroatoms. The molecule has 12 nitrogen and oxygen atoms in total. The molecule has 1 atom stereocenters. The molecule has 1 fully saturated rings. The van der Waals surface area contributed by atoms with Crippen LogP contribution >= 0.6 is 23.4 Å². The molecule has 7 rings (SSSR count). The summed E-state index contributed by atoms with van der Waals surface area (Å²) in [6.07, 6.45) is 3.27. The number of halogens is 5. The van der Waals surface area contributed by atoms with Gasteiger partial charge in [-0.25, -0.2) is 29.6 Å². The predicted octanol–water partition coefficient (Wildman–Crippen LogP) is 11.4. The summed E-state index contributed by atoms with van der Waals surface area (Å²) in [6, 6.07) is 29.2. The van der Waals surface area contributed by atoms with E-state index in [9.17, 15) is 38.4 Å². The van der Waals surface area contributed by atoms with Gasteiger partial charge in [0.05, 0.1) is 21.2 Å². The van der Waals surface area contributed by atoms with Crippen LogP contribution in [0.2, 0.25) is 5.02 Å². The number of benzene rings is 5. The maximum Gasteiger partial charge on any atom is 0.501 e. The summed E-state index contributed by atoms with van der Waals surface area (Å²) in [5.41, 5.74) is -2.10. The van der Waals surface area contributed by atoms with Gasteiger partial charge in [0.15, 0.2) is 9.84 Å². The van der Waals surface area contributed by atoms with E-state index in [4.69, 9.17) is 11.6 Å². The molecule has 2 N–H and O–H groups in total. The molecule has 0 bridgehead atoms. The smallest absolute Gasteiger partial charge is 0.380 e. The standard InChI is InChI=1S/C52H57ClF4N6O6S4/c1-7-24-60(5)25-23-42(34-70-45-11-9-8-10-12-45)58-47-22-21-46(33-48(47)72(66,67)52(55,56)57)73(68,69)59-41-17-19-43(20-18-41)61-26-28-62(29-27-61)44-31-38(30-40(54)32-44)49-50(37-13-15-39(53)16-14-37)63(35(2)3)36(4)51(49)71(6,64)65/h7-22,30-33,35,42,58-59H,1,23-29,34H2,2-6H3/t42-/m1/s1. The lowest BCUT2D eigenvalue weighted by molar-refractivity contribution is -0.0435. The van der Waals surface area contributed by atoms with Gasteiger partial charge in [0, 0.05) is 102 Å². The van der Waals surface area contributed by atoms with Gasteiger partial charge >= 0.3 is 5.51 Å². The van der Waals surface area contributed by atoms with Gasteiger partial charge in [-0.15, -0.1) is 18.3 Å². The van der Waals surface area contributed by atoms with Crippen LogP contribution in [-0.2, 0) is 29.7 Å². The zero-order valence-electron chi connectivity index (χ0n) is 40.8. The van der Waals surface area contributed by atoms with Crippen molar-refractivity contribution in [2.24, 2.45) is 0 Å². The Morgan fingerprint density at radius 2 is 1.45 bits per heavy atom. The van der Waals surface area contributed by atoms with E-state index in [1.165, 1.54) is 36.0 Å². The minimum atomic E-state index is -6.04. The van der Waals surface area contributed by atoms with Crippen LogP contribution in [0.4, 0.5) is 40.3 Å². The Kier molecular flexibility index (Phi) is 17.1. The highest BCUT2D eigenvalue weighted by atomic mass is 35.5. The average molecular weight is 1100 g/mol. The molecule has 6 aromatic rings. The molecular weight excluding hydrogens is 1040 g/mol. The Hall–Kier alpha value is -5.51. The molecule has 0 unspecified atom stereocenters. The summed E-state index contributed by atoms with van der Waals surface area (Å²) in [4.78, 5) is 5.10. The van der Waals surface area contributed by atoms with Gasteiger partial charge in [-0.3, -0.25) is 4.72 Å². The Morgan fingerprint density at radius 3 is 2.04 bits per heavy atom. The van der Waals surface area contributed by atoms with Crippen molar-refractivity contribution in [1.82, 2.24) is 9.47 Å². The molecule has 1 aliphatic heterocycles. The number of nitrogens with one attached hydrogen (secondary N) is 2. The predicted molar refractivity (Wildman–Crippen MR) is 287 cm³/mol. The van der Waals surface area contributed by atoms with Gasteiger partial charge in [0.25, 0.3) is 19.9 Å². The van der Waals surface area contributed by atoms with E-state index in [0.717, 1.165) is 34.5 Å². The molecule has 5 aromatic carbocycles. The average Bonchev–Trinajstić information content (AvgIpc) is 3.66. The molecule has 390 valence electrons. The van der Waals surface area contributed by atoms with E-state index in [0.29, 0.717) is 90.7 Å². The number of hydrogen-bond acceptors (Lipinski definition) is 11. The van der Waals surface area contributed by atoms with Gasteiger partial charge in [-0.1, -0.05) is 48.0 Å². The third kappa shape index (κ3) is 12.9. The molecular formula is C52H57ClF4N6O6S4. The van der Waals surface area contributed by atoms with Crippen molar-refractivity contribution >= 4 is 75.8 Å². The summed E-state index contributed by atoms with van der Waals surface area (Å²) in [5, 5.41) is 3.50. The van der Waals surface area contributed by atoms with Crippen molar-refractivity contribution in [3.8, 4) is 22.4 Å². The van der Waals surface area contributed by atoms with Crippen molar-refractivity contribution in [2.75, 3.05) is 78.2 Å². The highest BCUT2D eigenvalue weighted by Crippen LogP contribution is 2.45. The van der Waals surface area contributed by atoms with Gasteiger partial charge in [-0.05, 0) is 130 Å². The largest absolute Gasteiger partial charge is 0.501 e. The SMILES string of the molecule is C=CCN(C)CC[C@H](CSc1ccccc1)Nc1ccc(S(=O)(=O)Nc2ccc(N3CCN(c4cc(F)cc(-c5c(S(C)(=O)=O)c(C)n(C(C)C)c5-c5ccc(Cl)cc5)c4)CC3)cc2)cc1S(=O)(=O)C(F)(F)F. The van der Waals surface area contributed by atoms with Crippen LogP contribution in [0.1, 0.15) is 32.0 Å². The van der Waals surface area contributed by atoms with Crippen LogP contribution in [0.25, 0.3) is 22.4 Å². The highest BCUT2D eigenvalue weighted by Gasteiger charge is 2.48. The maximum atomic E-state index is 15.7. The number of alkyl halides is 3. The van der Waals surface area contributed by atoms with Crippen molar-refractivity contribution in [1.29, 1.82) is 0 Å². The number of sulfone groups is 2. The molecule has 1 saturated heterocycles. The number of rotatable bonds is 20. The molecule has 1 aromatic heterocycles. The van der Waals surface area contributed by atoms with Crippen LogP contribution in [0, 0.1) is 12.7 Å². The van der Waals surface area contributed by atoms with Crippen LogP contribution in [0.15, 0.2) is 147 Å². The molecule has 0 radical (unpaired) electrons. The van der Waals surface area contributed by atoms with Crippen LogP contribution in [-0.4, -0.2) is 105 Å². The third-order valence-electron chi connectivity index (χ3n) is 12.4. The lowest BCUT2D eigenvalue weighted by atomic mass is 9.99. The fourth-order valence-electron chi connectivity index (χ4n) is 8.98. The topological polar surface area (TPSA) is 141 Å². The summed E-state index contributed by atoms with van der Waals surface area (Å²) in [5.74, 6) is -0.188. The zero-order chi connectivity index (χ0) is 53.0. The summed E-state index contributed by atoms with van der Waals surface area (Å²) < 4.78 is 143. The van der Waals surface area contributed by atoms with Crippen molar-refractivity contribution in [3.05, 3.63) is 144 Å². The number of anilines is 4. The number of sulfonamides is 1. The molecule has 0 spiro atoms. The Labute approximate surface area is 434 Å². The summed E-state index contributed by atoms with van der Waals surface area (Å²) in [7, 11) is -12.6. The number of piperazine rings is 1. The second kappa shape index (κ2) is 22.5. The lowest BCUT2D eigenvalue weighted by Gasteiger charge is -2.37. The van der Waals surface area contributed by atoms with Gasteiger partial charge in [0.2, 0.25) is 0 Å². The highest BCUT2D eigenvalue weighted by molar-refractivity contribution is 7.99. The number of thioether (sulfide) groups is 1. The second-order valence-electron chi connectivity index (χ2n) is 18.1. The Bertz CT molecular complexity index is 3280. The van der Waals surface area contributed by atoms with E-state index in [1.54, 1.807) is 43.3 Å². The van der Waals surface area contributed by atoms with Crippen LogP contribution < -0.4 is 19.8 Å². The van der Waals surface area contributed by atoms with Crippen molar-refractivity contribution in [2.45, 2.75) is 64.4 Å². The normalized spacial score (nSPS) is 14.2. The van der Waals surface area contributed by atoms with E-state index < -0.39 is 56.9 Å². The molecule has 0 amide bonds. The number of aromatic nitrogens is 1. The summed E-state index contributed by atoms with van der Waals surface area (Å²) in [6.45, 7) is 12.3. The Morgan fingerprint density at radius 1 is 0.822 bits per heavy atom. The third-order valence-corrected chi connectivity index (χ3v) is 18.0. The number of nitrogens with zero attached hydrogens (tertiary/aromatic N) is 4. The number of hydrogen-bond donors (Lipinski definition) is 2. The monoisotopic (exact) mass is 1100 g/mol.